The number of benzene rings is 1. The lowest BCUT2D eigenvalue weighted by Gasteiger charge is -2.30. The molecule has 3 N–H and O–H groups in total. The summed E-state index contributed by atoms with van der Waals surface area (Å²) in [6.07, 6.45) is 3.29. The van der Waals surface area contributed by atoms with Crippen molar-refractivity contribution in [3.8, 4) is 0 Å². The Hall–Kier alpha value is -1.56. The molecule has 0 unspecified atom stereocenters. The molecule has 0 aliphatic heterocycles. The molecule has 3 amide bonds. The second-order valence-electron chi connectivity index (χ2n) is 6.35. The van der Waals surface area contributed by atoms with E-state index in [0.29, 0.717) is 19.4 Å². The minimum Gasteiger partial charge on any atom is -0.352 e. The number of nitrogens with one attached hydrogen (secondary N) is 3. The van der Waals surface area contributed by atoms with Gasteiger partial charge in [-0.05, 0) is 44.4 Å². The summed E-state index contributed by atoms with van der Waals surface area (Å²) in [4.78, 5) is 24.7. The van der Waals surface area contributed by atoms with Gasteiger partial charge in [0.1, 0.15) is 5.54 Å². The number of hydrogen-bond acceptors (Lipinski definition) is 2. The molecule has 5 nitrogen and oxygen atoms in total. The van der Waals surface area contributed by atoms with Crippen molar-refractivity contribution in [1.82, 2.24) is 16.0 Å². The largest absolute Gasteiger partial charge is 0.352 e. The summed E-state index contributed by atoms with van der Waals surface area (Å²) in [5.74, 6) is -0.0809. The Labute approximate surface area is 145 Å². The molecule has 1 fully saturated rings. The third-order valence-electron chi connectivity index (χ3n) is 4.01. The van der Waals surface area contributed by atoms with Crippen molar-refractivity contribution in [3.05, 3.63) is 34.3 Å². The van der Waals surface area contributed by atoms with Crippen LogP contribution in [0, 0.1) is 0 Å². The number of urea groups is 1. The highest BCUT2D eigenvalue weighted by Crippen LogP contribution is 2.30. The van der Waals surface area contributed by atoms with Crippen LogP contribution in [0.25, 0.3) is 0 Å². The first kappa shape index (κ1) is 17.8. The fraction of sp³-hybridized carbons (Fsp3) is 0.529. The van der Waals surface area contributed by atoms with Crippen LogP contribution in [0.15, 0.2) is 28.7 Å². The van der Waals surface area contributed by atoms with Gasteiger partial charge < -0.3 is 16.0 Å². The van der Waals surface area contributed by atoms with Crippen LogP contribution >= 0.6 is 15.9 Å². The minimum atomic E-state index is -0.772. The van der Waals surface area contributed by atoms with Gasteiger partial charge in [-0.25, -0.2) is 4.79 Å². The molecule has 0 saturated heterocycles. The van der Waals surface area contributed by atoms with E-state index in [2.05, 4.69) is 31.9 Å². The van der Waals surface area contributed by atoms with E-state index in [1.165, 1.54) is 0 Å². The van der Waals surface area contributed by atoms with Gasteiger partial charge in [0.15, 0.2) is 0 Å². The van der Waals surface area contributed by atoms with E-state index in [0.717, 1.165) is 22.9 Å². The number of hydrogen-bond donors (Lipinski definition) is 3. The van der Waals surface area contributed by atoms with Crippen molar-refractivity contribution < 1.29 is 9.59 Å². The third kappa shape index (κ3) is 4.96. The van der Waals surface area contributed by atoms with E-state index in [4.69, 9.17) is 0 Å². The van der Waals surface area contributed by atoms with Gasteiger partial charge >= 0.3 is 6.03 Å². The first-order chi connectivity index (χ1) is 10.9. The normalized spacial score (nSPS) is 16.2. The standard InChI is InChI=1S/C17H24BrN3O2/c1-12(2)20-15(22)17(8-3-4-9-17)21-16(23)19-11-13-6-5-7-14(18)10-13/h5-7,10,12H,3-4,8-9,11H2,1-2H3,(H,20,22)(H2,19,21,23). The van der Waals surface area contributed by atoms with Crippen molar-refractivity contribution in [2.75, 3.05) is 0 Å². The van der Waals surface area contributed by atoms with Crippen molar-refractivity contribution in [1.29, 1.82) is 0 Å². The molecule has 1 saturated carbocycles. The first-order valence-electron chi connectivity index (χ1n) is 8.03. The summed E-state index contributed by atoms with van der Waals surface area (Å²) in [7, 11) is 0. The van der Waals surface area contributed by atoms with Gasteiger partial charge in [0.25, 0.3) is 0 Å². The number of carbonyl (C=O) groups excluding carboxylic acids is 2. The molecule has 1 aliphatic carbocycles. The molecule has 2 rings (SSSR count). The second-order valence-corrected chi connectivity index (χ2v) is 7.27. The molecule has 6 heteroatoms. The minimum absolute atomic E-state index is 0.0616. The molecule has 0 heterocycles. The number of halogens is 1. The quantitative estimate of drug-likeness (QED) is 0.733. The smallest absolute Gasteiger partial charge is 0.315 e. The monoisotopic (exact) mass is 381 g/mol. The van der Waals surface area contributed by atoms with E-state index in [1.54, 1.807) is 0 Å². The lowest BCUT2D eigenvalue weighted by molar-refractivity contribution is -0.127. The van der Waals surface area contributed by atoms with Gasteiger partial charge in [0.05, 0.1) is 0 Å². The fourth-order valence-corrected chi connectivity index (χ4v) is 3.33. The molecule has 0 aromatic heterocycles. The predicted octanol–water partition coefficient (Wildman–Crippen LogP) is 3.09. The Kier molecular flexibility index (Phi) is 6.04. The molecule has 126 valence electrons. The van der Waals surface area contributed by atoms with Gasteiger partial charge in [-0.2, -0.15) is 0 Å². The zero-order chi connectivity index (χ0) is 16.9. The Morgan fingerprint density at radius 3 is 2.57 bits per heavy atom. The second kappa shape index (κ2) is 7.81. The molecule has 1 aromatic rings. The van der Waals surface area contributed by atoms with Crippen molar-refractivity contribution >= 4 is 27.9 Å². The molecule has 23 heavy (non-hydrogen) atoms. The molecular weight excluding hydrogens is 358 g/mol. The summed E-state index contributed by atoms with van der Waals surface area (Å²) in [5.41, 5.74) is 0.229. The number of amides is 3. The molecule has 0 bridgehead atoms. The van der Waals surface area contributed by atoms with Crippen LogP contribution in [-0.4, -0.2) is 23.5 Å². The summed E-state index contributed by atoms with van der Waals surface area (Å²) < 4.78 is 0.973. The highest BCUT2D eigenvalue weighted by Gasteiger charge is 2.42. The van der Waals surface area contributed by atoms with Crippen molar-refractivity contribution in [3.63, 3.8) is 0 Å². The van der Waals surface area contributed by atoms with Crippen molar-refractivity contribution in [2.24, 2.45) is 0 Å². The molecule has 0 spiro atoms. The highest BCUT2D eigenvalue weighted by atomic mass is 79.9. The van der Waals surface area contributed by atoms with E-state index in [9.17, 15) is 9.59 Å². The van der Waals surface area contributed by atoms with Crippen LogP contribution in [0.1, 0.15) is 45.1 Å². The lowest BCUT2D eigenvalue weighted by Crippen LogP contribution is -2.60. The maximum absolute atomic E-state index is 12.5. The van der Waals surface area contributed by atoms with Crippen LogP contribution in [0.2, 0.25) is 0 Å². The zero-order valence-corrected chi connectivity index (χ0v) is 15.2. The fourth-order valence-electron chi connectivity index (χ4n) is 2.88. The topological polar surface area (TPSA) is 70.2 Å². The summed E-state index contributed by atoms with van der Waals surface area (Å²) >= 11 is 3.41. The Balaban J connectivity index is 1.94. The molecule has 1 aromatic carbocycles. The maximum Gasteiger partial charge on any atom is 0.315 e. The lowest BCUT2D eigenvalue weighted by atomic mass is 9.96. The molecular formula is C17H24BrN3O2. The Morgan fingerprint density at radius 1 is 1.26 bits per heavy atom. The molecule has 0 radical (unpaired) electrons. The SMILES string of the molecule is CC(C)NC(=O)C1(NC(=O)NCc2cccc(Br)c2)CCCC1. The third-order valence-corrected chi connectivity index (χ3v) is 4.50. The van der Waals surface area contributed by atoms with Crippen LogP contribution in [-0.2, 0) is 11.3 Å². The molecule has 1 aliphatic rings. The van der Waals surface area contributed by atoms with Gasteiger partial charge in [0.2, 0.25) is 5.91 Å². The van der Waals surface area contributed by atoms with Crippen LogP contribution in [0.5, 0.6) is 0 Å². The zero-order valence-electron chi connectivity index (χ0n) is 13.6. The highest BCUT2D eigenvalue weighted by molar-refractivity contribution is 9.10. The Morgan fingerprint density at radius 2 is 1.96 bits per heavy atom. The van der Waals surface area contributed by atoms with E-state index in [1.807, 2.05) is 38.1 Å². The summed E-state index contributed by atoms with van der Waals surface area (Å²) in [6.45, 7) is 4.27. The average Bonchev–Trinajstić information content (AvgIpc) is 2.94. The number of rotatable bonds is 5. The van der Waals surface area contributed by atoms with E-state index >= 15 is 0 Å². The predicted molar refractivity (Wildman–Crippen MR) is 94.0 cm³/mol. The average molecular weight is 382 g/mol. The molecule has 0 atom stereocenters. The summed E-state index contributed by atoms with van der Waals surface area (Å²) in [5, 5.41) is 8.67. The first-order valence-corrected chi connectivity index (χ1v) is 8.82. The summed E-state index contributed by atoms with van der Waals surface area (Å²) in [6, 6.07) is 7.53. The number of carbonyl (C=O) groups is 2. The van der Waals surface area contributed by atoms with Gasteiger partial charge in [0, 0.05) is 17.1 Å². The Bertz CT molecular complexity index is 569. The maximum atomic E-state index is 12.5. The van der Waals surface area contributed by atoms with Crippen LogP contribution < -0.4 is 16.0 Å². The van der Waals surface area contributed by atoms with Crippen molar-refractivity contribution in [2.45, 2.75) is 57.7 Å². The van der Waals surface area contributed by atoms with Crippen LogP contribution in [0.3, 0.4) is 0 Å². The van der Waals surface area contributed by atoms with E-state index < -0.39 is 5.54 Å². The van der Waals surface area contributed by atoms with Gasteiger partial charge in [-0.15, -0.1) is 0 Å². The van der Waals surface area contributed by atoms with E-state index in [-0.39, 0.29) is 18.0 Å². The van der Waals surface area contributed by atoms with Gasteiger partial charge in [-0.1, -0.05) is 40.9 Å². The van der Waals surface area contributed by atoms with Crippen LogP contribution in [0.4, 0.5) is 4.79 Å². The van der Waals surface area contributed by atoms with Gasteiger partial charge in [-0.3, -0.25) is 4.79 Å².